The quantitative estimate of drug-likeness (QED) is 0.785. The monoisotopic (exact) mass is 208 g/mol. The molecule has 0 aliphatic rings. The first-order valence-corrected chi connectivity index (χ1v) is 4.77. The van der Waals surface area contributed by atoms with Gasteiger partial charge in [0.15, 0.2) is 0 Å². The number of primary amides is 1. The van der Waals surface area contributed by atoms with Gasteiger partial charge < -0.3 is 15.4 Å². The molecule has 0 atom stereocenters. The molecule has 82 valence electrons. The Bertz CT molecular complexity index is 322. The first kappa shape index (κ1) is 11.4. The fourth-order valence-electron chi connectivity index (χ4n) is 1.24. The lowest BCUT2D eigenvalue weighted by atomic mass is 10.2. The van der Waals surface area contributed by atoms with Crippen molar-refractivity contribution in [3.63, 3.8) is 0 Å². The topological polar surface area (TPSA) is 55.6 Å². The van der Waals surface area contributed by atoms with Crippen molar-refractivity contribution in [3.8, 4) is 5.75 Å². The van der Waals surface area contributed by atoms with Crippen LogP contribution in [0.3, 0.4) is 0 Å². The molecule has 1 rings (SSSR count). The Labute approximate surface area is 89.6 Å². The minimum absolute atomic E-state index is 0.282. The van der Waals surface area contributed by atoms with Crippen LogP contribution in [0.1, 0.15) is 6.42 Å². The summed E-state index contributed by atoms with van der Waals surface area (Å²) in [5.41, 5.74) is 6.12. The van der Waals surface area contributed by atoms with Crippen LogP contribution in [0.25, 0.3) is 0 Å². The van der Waals surface area contributed by atoms with Gasteiger partial charge in [-0.1, -0.05) is 0 Å². The first-order valence-electron chi connectivity index (χ1n) is 4.77. The molecule has 0 spiro atoms. The number of nitrogens with two attached hydrogens (primary N) is 1. The Hall–Kier alpha value is -1.71. The highest BCUT2D eigenvalue weighted by Crippen LogP contribution is 2.17. The summed E-state index contributed by atoms with van der Waals surface area (Å²) in [6.45, 7) is 0.627. The van der Waals surface area contributed by atoms with Crippen molar-refractivity contribution >= 4 is 11.6 Å². The van der Waals surface area contributed by atoms with E-state index in [0.29, 0.717) is 13.0 Å². The molecule has 1 aromatic carbocycles. The van der Waals surface area contributed by atoms with Crippen molar-refractivity contribution in [1.29, 1.82) is 0 Å². The summed E-state index contributed by atoms with van der Waals surface area (Å²) in [4.78, 5) is 12.6. The lowest BCUT2D eigenvalue weighted by Crippen LogP contribution is -2.23. The van der Waals surface area contributed by atoms with Crippen molar-refractivity contribution < 1.29 is 9.53 Å². The van der Waals surface area contributed by atoms with Gasteiger partial charge in [0.2, 0.25) is 5.91 Å². The molecule has 0 unspecified atom stereocenters. The van der Waals surface area contributed by atoms with E-state index in [1.54, 1.807) is 7.11 Å². The van der Waals surface area contributed by atoms with Crippen LogP contribution in [0.4, 0.5) is 5.69 Å². The zero-order chi connectivity index (χ0) is 11.3. The van der Waals surface area contributed by atoms with Gasteiger partial charge in [0.05, 0.1) is 7.11 Å². The average Bonchev–Trinajstić information content (AvgIpc) is 2.26. The van der Waals surface area contributed by atoms with Crippen molar-refractivity contribution in [2.45, 2.75) is 6.42 Å². The molecule has 1 aromatic rings. The van der Waals surface area contributed by atoms with E-state index in [1.807, 2.05) is 36.2 Å². The van der Waals surface area contributed by atoms with Gasteiger partial charge in [-0.2, -0.15) is 0 Å². The van der Waals surface area contributed by atoms with Gasteiger partial charge in [0.1, 0.15) is 5.75 Å². The van der Waals surface area contributed by atoms with Gasteiger partial charge in [-0.05, 0) is 24.3 Å². The summed E-state index contributed by atoms with van der Waals surface area (Å²) in [6, 6.07) is 7.66. The molecule has 0 fully saturated rings. The molecule has 0 saturated carbocycles. The van der Waals surface area contributed by atoms with Crippen molar-refractivity contribution in [3.05, 3.63) is 24.3 Å². The number of hydrogen-bond donors (Lipinski definition) is 1. The van der Waals surface area contributed by atoms with Crippen LogP contribution in [0.2, 0.25) is 0 Å². The number of hydrogen-bond acceptors (Lipinski definition) is 3. The summed E-state index contributed by atoms with van der Waals surface area (Å²) < 4.78 is 5.05. The predicted molar refractivity (Wildman–Crippen MR) is 60.1 cm³/mol. The Kier molecular flexibility index (Phi) is 3.97. The molecule has 1 amide bonds. The largest absolute Gasteiger partial charge is 0.497 e. The standard InChI is InChI=1S/C11H16N2O2/c1-13(8-7-11(12)14)9-3-5-10(15-2)6-4-9/h3-6H,7-8H2,1-2H3,(H2,12,14). The highest BCUT2D eigenvalue weighted by Gasteiger charge is 2.02. The van der Waals surface area contributed by atoms with E-state index in [-0.39, 0.29) is 5.91 Å². The molecule has 4 nitrogen and oxygen atoms in total. The highest BCUT2D eigenvalue weighted by atomic mass is 16.5. The predicted octanol–water partition coefficient (Wildman–Crippen LogP) is 1.01. The molecule has 0 radical (unpaired) electrons. The summed E-state index contributed by atoms with van der Waals surface area (Å²) >= 11 is 0. The number of nitrogens with zero attached hydrogens (tertiary/aromatic N) is 1. The number of methoxy groups -OCH3 is 1. The molecule has 0 aliphatic heterocycles. The van der Waals surface area contributed by atoms with Crippen LogP contribution in [-0.4, -0.2) is 26.6 Å². The maximum atomic E-state index is 10.6. The Balaban J connectivity index is 2.57. The molecule has 0 heterocycles. The molecule has 0 aromatic heterocycles. The van der Waals surface area contributed by atoms with Gasteiger partial charge in [-0.25, -0.2) is 0 Å². The van der Waals surface area contributed by atoms with Crippen LogP contribution < -0.4 is 15.4 Å². The smallest absolute Gasteiger partial charge is 0.219 e. The van der Waals surface area contributed by atoms with E-state index < -0.39 is 0 Å². The molecule has 2 N–H and O–H groups in total. The number of benzene rings is 1. The number of carbonyl (C=O) groups is 1. The molecule has 0 aliphatic carbocycles. The van der Waals surface area contributed by atoms with Crippen LogP contribution in [0, 0.1) is 0 Å². The Morgan fingerprint density at radius 1 is 1.40 bits per heavy atom. The summed E-state index contributed by atoms with van der Waals surface area (Å²) in [7, 11) is 3.55. The first-order chi connectivity index (χ1) is 7.13. The van der Waals surface area contributed by atoms with Crippen LogP contribution in [0.5, 0.6) is 5.75 Å². The highest BCUT2D eigenvalue weighted by molar-refractivity contribution is 5.74. The number of anilines is 1. The molecule has 4 heteroatoms. The van der Waals surface area contributed by atoms with Gasteiger partial charge in [0, 0.05) is 25.7 Å². The summed E-state index contributed by atoms with van der Waals surface area (Å²) in [5, 5.41) is 0. The minimum atomic E-state index is -0.282. The Morgan fingerprint density at radius 2 is 2.00 bits per heavy atom. The van der Waals surface area contributed by atoms with E-state index in [0.717, 1.165) is 11.4 Å². The lowest BCUT2D eigenvalue weighted by Gasteiger charge is -2.18. The number of carbonyl (C=O) groups excluding carboxylic acids is 1. The van der Waals surface area contributed by atoms with Gasteiger partial charge in [-0.3, -0.25) is 4.79 Å². The average molecular weight is 208 g/mol. The van der Waals surface area contributed by atoms with Crippen LogP contribution >= 0.6 is 0 Å². The molecule has 0 bridgehead atoms. The summed E-state index contributed by atoms with van der Waals surface area (Å²) in [6.07, 6.45) is 0.364. The third kappa shape index (κ3) is 3.50. The fourth-order valence-corrected chi connectivity index (χ4v) is 1.24. The van der Waals surface area contributed by atoms with E-state index in [9.17, 15) is 4.79 Å². The fraction of sp³-hybridized carbons (Fsp3) is 0.364. The SMILES string of the molecule is COc1ccc(N(C)CCC(N)=O)cc1. The third-order valence-corrected chi connectivity index (χ3v) is 2.21. The van der Waals surface area contributed by atoms with Crippen LogP contribution in [0.15, 0.2) is 24.3 Å². The maximum Gasteiger partial charge on any atom is 0.219 e. The molecular weight excluding hydrogens is 192 g/mol. The van der Waals surface area contributed by atoms with Crippen molar-refractivity contribution in [2.75, 3.05) is 25.6 Å². The van der Waals surface area contributed by atoms with E-state index >= 15 is 0 Å². The van der Waals surface area contributed by atoms with Gasteiger partial charge >= 0.3 is 0 Å². The second-order valence-electron chi connectivity index (χ2n) is 3.34. The maximum absolute atomic E-state index is 10.6. The van der Waals surface area contributed by atoms with Gasteiger partial charge in [-0.15, -0.1) is 0 Å². The number of amides is 1. The van der Waals surface area contributed by atoms with Crippen molar-refractivity contribution in [1.82, 2.24) is 0 Å². The van der Waals surface area contributed by atoms with E-state index in [1.165, 1.54) is 0 Å². The zero-order valence-electron chi connectivity index (χ0n) is 9.06. The second-order valence-corrected chi connectivity index (χ2v) is 3.34. The molecule has 15 heavy (non-hydrogen) atoms. The second kappa shape index (κ2) is 5.24. The van der Waals surface area contributed by atoms with E-state index in [2.05, 4.69) is 0 Å². The van der Waals surface area contributed by atoms with E-state index in [4.69, 9.17) is 10.5 Å². The minimum Gasteiger partial charge on any atom is -0.497 e. The number of rotatable bonds is 5. The molecular formula is C11H16N2O2. The van der Waals surface area contributed by atoms with Crippen LogP contribution in [-0.2, 0) is 4.79 Å². The van der Waals surface area contributed by atoms with Gasteiger partial charge in [0.25, 0.3) is 0 Å². The van der Waals surface area contributed by atoms with Crippen molar-refractivity contribution in [2.24, 2.45) is 5.73 Å². The lowest BCUT2D eigenvalue weighted by molar-refractivity contribution is -0.117. The Morgan fingerprint density at radius 3 is 2.47 bits per heavy atom. The zero-order valence-corrected chi connectivity index (χ0v) is 9.06. The summed E-state index contributed by atoms with van der Waals surface area (Å²) in [5.74, 6) is 0.539. The normalized spacial score (nSPS) is 9.73. The third-order valence-electron chi connectivity index (χ3n) is 2.21. The molecule has 0 saturated heterocycles. The number of ether oxygens (including phenoxy) is 1.